The van der Waals surface area contributed by atoms with E-state index in [4.69, 9.17) is 0 Å². The number of fused-ring (bicyclic) bond motifs is 1. The monoisotopic (exact) mass is 338 g/mol. The Balaban J connectivity index is 0.00000192. The summed E-state index contributed by atoms with van der Waals surface area (Å²) in [5.41, 5.74) is -0.609. The largest absolute Gasteiger partial charge is 0.356 e. The molecular formula is C15H19ClN4O3. The van der Waals surface area contributed by atoms with Crippen molar-refractivity contribution in [3.8, 4) is 0 Å². The molecule has 1 aliphatic rings. The first-order valence-electron chi connectivity index (χ1n) is 7.34. The number of carbonyl (C=O) groups is 1. The number of hydrogen-bond donors (Lipinski definition) is 3. The molecule has 1 amide bonds. The van der Waals surface area contributed by atoms with Crippen LogP contribution in [0.25, 0.3) is 10.8 Å². The molecule has 7 nitrogen and oxygen atoms in total. The van der Waals surface area contributed by atoms with Crippen LogP contribution in [-0.2, 0) is 11.3 Å². The SMILES string of the molecule is Cl.O=C(CCn1[nH]c(=O)c2ccccc2c1=O)NCC1CNC1. The molecule has 2 heterocycles. The van der Waals surface area contributed by atoms with E-state index in [9.17, 15) is 14.4 Å². The van der Waals surface area contributed by atoms with Crippen molar-refractivity contribution in [2.75, 3.05) is 19.6 Å². The van der Waals surface area contributed by atoms with Crippen molar-refractivity contribution < 1.29 is 4.79 Å². The van der Waals surface area contributed by atoms with E-state index < -0.39 is 0 Å². The highest BCUT2D eigenvalue weighted by Crippen LogP contribution is 2.03. The van der Waals surface area contributed by atoms with Crippen molar-refractivity contribution in [1.29, 1.82) is 0 Å². The van der Waals surface area contributed by atoms with Gasteiger partial charge in [0.1, 0.15) is 0 Å². The molecule has 1 fully saturated rings. The predicted octanol–water partition coefficient (Wildman–Crippen LogP) is -0.163. The van der Waals surface area contributed by atoms with E-state index in [1.54, 1.807) is 24.3 Å². The van der Waals surface area contributed by atoms with Crippen LogP contribution in [0.4, 0.5) is 0 Å². The maximum absolute atomic E-state index is 12.3. The van der Waals surface area contributed by atoms with Crippen molar-refractivity contribution >= 4 is 29.1 Å². The average molecular weight is 339 g/mol. The Morgan fingerprint density at radius 2 is 1.91 bits per heavy atom. The second-order valence-electron chi connectivity index (χ2n) is 5.52. The lowest BCUT2D eigenvalue weighted by Gasteiger charge is -2.27. The zero-order chi connectivity index (χ0) is 15.5. The molecule has 3 rings (SSSR count). The zero-order valence-electron chi connectivity index (χ0n) is 12.5. The Labute approximate surface area is 138 Å². The second-order valence-corrected chi connectivity index (χ2v) is 5.52. The Kier molecular flexibility index (Phi) is 5.57. The number of carbonyl (C=O) groups excluding carboxylic acids is 1. The van der Waals surface area contributed by atoms with Gasteiger partial charge in [0.2, 0.25) is 5.91 Å². The first kappa shape index (κ1) is 17.2. The van der Waals surface area contributed by atoms with Gasteiger partial charge in [-0.1, -0.05) is 12.1 Å². The van der Waals surface area contributed by atoms with E-state index in [1.807, 2.05) is 0 Å². The molecule has 3 N–H and O–H groups in total. The van der Waals surface area contributed by atoms with E-state index in [0.717, 1.165) is 13.1 Å². The van der Waals surface area contributed by atoms with Gasteiger partial charge in [0.25, 0.3) is 11.1 Å². The number of aryl methyl sites for hydroxylation is 1. The van der Waals surface area contributed by atoms with E-state index in [1.165, 1.54) is 4.68 Å². The second kappa shape index (κ2) is 7.43. The third-order valence-electron chi connectivity index (χ3n) is 3.90. The Morgan fingerprint density at radius 3 is 2.57 bits per heavy atom. The number of H-pyrrole nitrogens is 1. The van der Waals surface area contributed by atoms with E-state index in [-0.39, 0.29) is 42.4 Å². The number of nitrogens with zero attached hydrogens (tertiary/aromatic N) is 1. The lowest BCUT2D eigenvalue weighted by molar-refractivity contribution is -0.121. The smallest absolute Gasteiger partial charge is 0.273 e. The minimum Gasteiger partial charge on any atom is -0.356 e. The van der Waals surface area contributed by atoms with Crippen molar-refractivity contribution in [2.24, 2.45) is 5.92 Å². The zero-order valence-corrected chi connectivity index (χ0v) is 13.3. The summed E-state index contributed by atoms with van der Waals surface area (Å²) in [4.78, 5) is 36.0. The van der Waals surface area contributed by atoms with Gasteiger partial charge in [-0.05, 0) is 12.1 Å². The fourth-order valence-corrected chi connectivity index (χ4v) is 2.46. The maximum atomic E-state index is 12.3. The van der Waals surface area contributed by atoms with Gasteiger partial charge >= 0.3 is 0 Å². The minimum atomic E-state index is -0.323. The first-order valence-corrected chi connectivity index (χ1v) is 7.34. The van der Waals surface area contributed by atoms with Crippen molar-refractivity contribution in [3.63, 3.8) is 0 Å². The van der Waals surface area contributed by atoms with Gasteiger partial charge in [-0.3, -0.25) is 19.5 Å². The molecule has 1 aromatic carbocycles. The summed E-state index contributed by atoms with van der Waals surface area (Å²) >= 11 is 0. The van der Waals surface area contributed by atoms with Gasteiger partial charge in [0, 0.05) is 32.0 Å². The Morgan fingerprint density at radius 1 is 1.22 bits per heavy atom. The summed E-state index contributed by atoms with van der Waals surface area (Å²) in [6.07, 6.45) is 0.161. The topological polar surface area (TPSA) is 96.0 Å². The Bertz CT molecular complexity index is 810. The summed E-state index contributed by atoms with van der Waals surface area (Å²) in [6.45, 7) is 2.66. The molecule has 0 radical (unpaired) electrons. The number of hydrogen-bond acceptors (Lipinski definition) is 4. The van der Waals surface area contributed by atoms with Crippen LogP contribution in [0.3, 0.4) is 0 Å². The van der Waals surface area contributed by atoms with Crippen LogP contribution in [0.1, 0.15) is 6.42 Å². The number of amides is 1. The number of aromatic nitrogens is 2. The molecule has 8 heteroatoms. The molecule has 1 aromatic heterocycles. The standard InChI is InChI=1S/C15H18N4O3.ClH/c20-13(17-9-10-7-16-8-10)5-6-19-15(22)12-4-2-1-3-11(12)14(21)18-19;/h1-4,10,16H,5-9H2,(H,17,20)(H,18,21);1H. The Hall–Kier alpha value is -2.12. The third-order valence-corrected chi connectivity index (χ3v) is 3.90. The van der Waals surface area contributed by atoms with Crippen LogP contribution in [0, 0.1) is 5.92 Å². The van der Waals surface area contributed by atoms with Gasteiger partial charge in [-0.15, -0.1) is 12.4 Å². The highest BCUT2D eigenvalue weighted by atomic mass is 35.5. The third kappa shape index (κ3) is 3.80. The molecule has 23 heavy (non-hydrogen) atoms. The molecule has 1 saturated heterocycles. The molecule has 0 spiro atoms. The van der Waals surface area contributed by atoms with Gasteiger partial charge in [-0.2, -0.15) is 0 Å². The van der Waals surface area contributed by atoms with Crippen LogP contribution < -0.4 is 21.8 Å². The molecule has 0 unspecified atom stereocenters. The summed E-state index contributed by atoms with van der Waals surface area (Å²) in [7, 11) is 0. The number of halogens is 1. The summed E-state index contributed by atoms with van der Waals surface area (Å²) in [5, 5.41) is 9.23. The van der Waals surface area contributed by atoms with Gasteiger partial charge in [-0.25, -0.2) is 4.68 Å². The lowest BCUT2D eigenvalue weighted by Crippen LogP contribution is -2.48. The maximum Gasteiger partial charge on any atom is 0.273 e. The number of benzene rings is 1. The van der Waals surface area contributed by atoms with E-state index in [2.05, 4.69) is 15.7 Å². The predicted molar refractivity (Wildman–Crippen MR) is 90.1 cm³/mol. The summed E-state index contributed by atoms with van der Waals surface area (Å²) < 4.78 is 1.20. The van der Waals surface area contributed by atoms with E-state index in [0.29, 0.717) is 23.2 Å². The number of rotatable bonds is 5. The molecular weight excluding hydrogens is 320 g/mol. The highest BCUT2D eigenvalue weighted by molar-refractivity contribution is 5.85. The van der Waals surface area contributed by atoms with Gasteiger partial charge in [0.05, 0.1) is 17.3 Å². The summed E-state index contributed by atoms with van der Waals surface area (Å²) in [6, 6.07) is 6.66. The quantitative estimate of drug-likeness (QED) is 0.705. The molecule has 124 valence electrons. The van der Waals surface area contributed by atoms with Crippen LogP contribution in [0.2, 0.25) is 0 Å². The normalized spacial score (nSPS) is 14.1. The fourth-order valence-electron chi connectivity index (χ4n) is 2.46. The minimum absolute atomic E-state index is 0. The number of nitrogens with one attached hydrogen (secondary N) is 3. The molecule has 1 aliphatic heterocycles. The number of aromatic amines is 1. The lowest BCUT2D eigenvalue weighted by atomic mass is 10.0. The van der Waals surface area contributed by atoms with Crippen molar-refractivity contribution in [1.82, 2.24) is 20.4 Å². The molecule has 0 saturated carbocycles. The fraction of sp³-hybridized carbons (Fsp3) is 0.400. The molecule has 2 aromatic rings. The van der Waals surface area contributed by atoms with Crippen molar-refractivity contribution in [2.45, 2.75) is 13.0 Å². The average Bonchev–Trinajstić information content (AvgIpc) is 2.48. The van der Waals surface area contributed by atoms with Gasteiger partial charge < -0.3 is 10.6 Å². The van der Waals surface area contributed by atoms with Crippen LogP contribution in [-0.4, -0.2) is 35.3 Å². The molecule has 0 bridgehead atoms. The van der Waals surface area contributed by atoms with Crippen LogP contribution in [0.5, 0.6) is 0 Å². The molecule has 0 atom stereocenters. The first-order chi connectivity index (χ1) is 10.6. The van der Waals surface area contributed by atoms with E-state index >= 15 is 0 Å². The van der Waals surface area contributed by atoms with Crippen LogP contribution >= 0.6 is 12.4 Å². The molecule has 0 aliphatic carbocycles. The van der Waals surface area contributed by atoms with Crippen LogP contribution in [0.15, 0.2) is 33.9 Å². The summed E-state index contributed by atoms with van der Waals surface area (Å²) in [5.74, 6) is 0.375. The van der Waals surface area contributed by atoms with Crippen molar-refractivity contribution in [3.05, 3.63) is 45.0 Å². The van der Waals surface area contributed by atoms with Gasteiger partial charge in [0.15, 0.2) is 0 Å². The highest BCUT2D eigenvalue weighted by Gasteiger charge is 2.17.